The SMILES string of the molecule is OC(c1ccccc1)(c1c[nH]c2ccccc12)C(F)F. The lowest BCUT2D eigenvalue weighted by Crippen LogP contribution is -2.35. The van der Waals surface area contributed by atoms with Gasteiger partial charge in [0.2, 0.25) is 0 Å². The van der Waals surface area contributed by atoms with Crippen LogP contribution in [-0.4, -0.2) is 16.5 Å². The highest BCUT2D eigenvalue weighted by atomic mass is 19.3. The first kappa shape index (κ1) is 12.8. The van der Waals surface area contributed by atoms with E-state index in [1.807, 2.05) is 6.07 Å². The van der Waals surface area contributed by atoms with Crippen molar-refractivity contribution in [1.82, 2.24) is 4.98 Å². The lowest BCUT2D eigenvalue weighted by atomic mass is 9.86. The molecule has 3 aromatic rings. The number of halogens is 2. The Labute approximate surface area is 114 Å². The Kier molecular flexibility index (Phi) is 3.03. The van der Waals surface area contributed by atoms with E-state index < -0.39 is 12.0 Å². The van der Waals surface area contributed by atoms with Crippen LogP contribution in [0.25, 0.3) is 10.9 Å². The first-order valence-corrected chi connectivity index (χ1v) is 6.26. The summed E-state index contributed by atoms with van der Waals surface area (Å²) >= 11 is 0. The number of rotatable bonds is 3. The second kappa shape index (κ2) is 4.72. The first-order chi connectivity index (χ1) is 9.64. The number of aromatic amines is 1. The maximum atomic E-state index is 13.6. The van der Waals surface area contributed by atoms with E-state index in [2.05, 4.69) is 4.98 Å². The topological polar surface area (TPSA) is 36.0 Å². The summed E-state index contributed by atoms with van der Waals surface area (Å²) in [5.41, 5.74) is -1.23. The van der Waals surface area contributed by atoms with Crippen molar-refractivity contribution in [3.8, 4) is 0 Å². The number of hydrogen-bond acceptors (Lipinski definition) is 1. The van der Waals surface area contributed by atoms with Crippen molar-refractivity contribution in [2.24, 2.45) is 0 Å². The third-order valence-electron chi connectivity index (χ3n) is 3.53. The third-order valence-corrected chi connectivity index (χ3v) is 3.53. The van der Waals surface area contributed by atoms with E-state index in [0.717, 1.165) is 5.52 Å². The van der Waals surface area contributed by atoms with Crippen LogP contribution < -0.4 is 0 Å². The summed E-state index contributed by atoms with van der Waals surface area (Å²) in [5.74, 6) is 0. The molecule has 0 radical (unpaired) electrons. The zero-order chi connectivity index (χ0) is 14.2. The van der Waals surface area contributed by atoms with Crippen molar-refractivity contribution in [2.75, 3.05) is 0 Å². The summed E-state index contributed by atoms with van der Waals surface area (Å²) in [6.07, 6.45) is -1.48. The zero-order valence-electron chi connectivity index (χ0n) is 10.6. The summed E-state index contributed by atoms with van der Waals surface area (Å²) in [6.45, 7) is 0. The Balaban J connectivity index is 2.26. The molecule has 102 valence electrons. The van der Waals surface area contributed by atoms with Crippen LogP contribution in [0.3, 0.4) is 0 Å². The Bertz CT molecular complexity index is 723. The van der Waals surface area contributed by atoms with Gasteiger partial charge in [-0.05, 0) is 11.6 Å². The van der Waals surface area contributed by atoms with Gasteiger partial charge in [0.1, 0.15) is 0 Å². The molecule has 0 amide bonds. The van der Waals surface area contributed by atoms with E-state index in [1.165, 1.54) is 18.3 Å². The van der Waals surface area contributed by atoms with Gasteiger partial charge in [0.05, 0.1) is 0 Å². The van der Waals surface area contributed by atoms with E-state index in [4.69, 9.17) is 0 Å². The quantitative estimate of drug-likeness (QED) is 0.750. The van der Waals surface area contributed by atoms with Crippen LogP contribution in [0.5, 0.6) is 0 Å². The van der Waals surface area contributed by atoms with E-state index in [1.54, 1.807) is 36.4 Å². The molecule has 1 heterocycles. The van der Waals surface area contributed by atoms with Gasteiger partial charge in [0, 0.05) is 22.7 Å². The van der Waals surface area contributed by atoms with Gasteiger partial charge in [-0.15, -0.1) is 0 Å². The largest absolute Gasteiger partial charge is 0.375 e. The average Bonchev–Trinajstić information content (AvgIpc) is 2.91. The molecule has 0 aliphatic carbocycles. The van der Waals surface area contributed by atoms with Gasteiger partial charge in [-0.1, -0.05) is 48.5 Å². The molecular formula is C16H13F2NO. The summed E-state index contributed by atoms with van der Waals surface area (Å²) in [7, 11) is 0. The molecule has 4 heteroatoms. The lowest BCUT2D eigenvalue weighted by molar-refractivity contribution is -0.0708. The number of fused-ring (bicyclic) bond motifs is 1. The van der Waals surface area contributed by atoms with Gasteiger partial charge in [0.25, 0.3) is 6.43 Å². The van der Waals surface area contributed by atoms with E-state index in [-0.39, 0.29) is 11.1 Å². The molecule has 2 aromatic carbocycles. The van der Waals surface area contributed by atoms with Crippen molar-refractivity contribution in [3.63, 3.8) is 0 Å². The van der Waals surface area contributed by atoms with E-state index in [9.17, 15) is 13.9 Å². The number of aliphatic hydroxyl groups is 1. The number of alkyl halides is 2. The minimum atomic E-state index is -2.93. The fourth-order valence-electron chi connectivity index (χ4n) is 2.48. The third kappa shape index (κ3) is 1.80. The number of para-hydroxylation sites is 1. The van der Waals surface area contributed by atoms with Gasteiger partial charge in [0.15, 0.2) is 5.60 Å². The highest BCUT2D eigenvalue weighted by molar-refractivity contribution is 5.84. The molecule has 1 aromatic heterocycles. The molecule has 2 nitrogen and oxygen atoms in total. The molecule has 0 aliphatic heterocycles. The van der Waals surface area contributed by atoms with Crippen LogP contribution in [0, 0.1) is 0 Å². The average molecular weight is 273 g/mol. The molecule has 2 N–H and O–H groups in total. The molecule has 0 fully saturated rings. The highest BCUT2D eigenvalue weighted by Crippen LogP contribution is 2.39. The van der Waals surface area contributed by atoms with Crippen molar-refractivity contribution < 1.29 is 13.9 Å². The number of H-pyrrole nitrogens is 1. The predicted molar refractivity (Wildman–Crippen MR) is 73.7 cm³/mol. The van der Waals surface area contributed by atoms with Crippen LogP contribution in [-0.2, 0) is 5.60 Å². The summed E-state index contributed by atoms with van der Waals surface area (Å²) in [6, 6.07) is 15.1. The van der Waals surface area contributed by atoms with Crippen LogP contribution in [0.4, 0.5) is 8.78 Å². The fourth-order valence-corrected chi connectivity index (χ4v) is 2.48. The Morgan fingerprint density at radius 1 is 0.950 bits per heavy atom. The number of benzene rings is 2. The minimum Gasteiger partial charge on any atom is -0.375 e. The second-order valence-electron chi connectivity index (χ2n) is 4.68. The minimum absolute atomic E-state index is 0.180. The van der Waals surface area contributed by atoms with Crippen molar-refractivity contribution in [3.05, 3.63) is 71.9 Å². The maximum Gasteiger partial charge on any atom is 0.275 e. The number of nitrogens with one attached hydrogen (secondary N) is 1. The Hall–Kier alpha value is -2.20. The zero-order valence-corrected chi connectivity index (χ0v) is 10.6. The Morgan fingerprint density at radius 2 is 1.60 bits per heavy atom. The molecular weight excluding hydrogens is 260 g/mol. The second-order valence-corrected chi connectivity index (χ2v) is 4.68. The van der Waals surface area contributed by atoms with Gasteiger partial charge in [-0.3, -0.25) is 0 Å². The van der Waals surface area contributed by atoms with Crippen LogP contribution in [0.15, 0.2) is 60.8 Å². The van der Waals surface area contributed by atoms with Crippen molar-refractivity contribution >= 4 is 10.9 Å². The summed E-state index contributed by atoms with van der Waals surface area (Å²) < 4.78 is 27.2. The molecule has 0 bridgehead atoms. The molecule has 0 saturated carbocycles. The van der Waals surface area contributed by atoms with Crippen LogP contribution >= 0.6 is 0 Å². The van der Waals surface area contributed by atoms with Gasteiger partial charge < -0.3 is 10.1 Å². The summed E-state index contributed by atoms with van der Waals surface area (Å²) in [5, 5.41) is 11.2. The molecule has 0 saturated heterocycles. The molecule has 0 spiro atoms. The standard InChI is InChI=1S/C16H13F2NO/c17-15(18)16(20,11-6-2-1-3-7-11)13-10-19-14-9-5-4-8-12(13)14/h1-10,15,19-20H. The number of hydrogen-bond donors (Lipinski definition) is 2. The van der Waals surface area contributed by atoms with Crippen LogP contribution in [0.2, 0.25) is 0 Å². The lowest BCUT2D eigenvalue weighted by Gasteiger charge is -2.27. The molecule has 1 unspecified atom stereocenters. The monoisotopic (exact) mass is 273 g/mol. The molecule has 20 heavy (non-hydrogen) atoms. The van der Waals surface area contributed by atoms with Gasteiger partial charge >= 0.3 is 0 Å². The molecule has 0 aliphatic rings. The predicted octanol–water partition coefficient (Wildman–Crippen LogP) is 3.67. The van der Waals surface area contributed by atoms with Crippen molar-refractivity contribution in [1.29, 1.82) is 0 Å². The smallest absolute Gasteiger partial charge is 0.275 e. The van der Waals surface area contributed by atoms with Crippen LogP contribution in [0.1, 0.15) is 11.1 Å². The van der Waals surface area contributed by atoms with Crippen molar-refractivity contribution in [2.45, 2.75) is 12.0 Å². The summed E-state index contributed by atoms with van der Waals surface area (Å²) in [4.78, 5) is 2.93. The normalized spacial score (nSPS) is 14.6. The maximum absolute atomic E-state index is 13.6. The van der Waals surface area contributed by atoms with Gasteiger partial charge in [-0.25, -0.2) is 8.78 Å². The van der Waals surface area contributed by atoms with E-state index in [0.29, 0.717) is 5.39 Å². The fraction of sp³-hybridized carbons (Fsp3) is 0.125. The molecule has 3 rings (SSSR count). The molecule has 1 atom stereocenters. The first-order valence-electron chi connectivity index (χ1n) is 6.26. The number of aromatic nitrogens is 1. The highest BCUT2D eigenvalue weighted by Gasteiger charge is 2.43. The van der Waals surface area contributed by atoms with E-state index >= 15 is 0 Å². The Morgan fingerprint density at radius 3 is 2.30 bits per heavy atom. The van der Waals surface area contributed by atoms with Gasteiger partial charge in [-0.2, -0.15) is 0 Å².